The second kappa shape index (κ2) is 4.33. The third-order valence-electron chi connectivity index (χ3n) is 1.33. The number of aliphatic hydroxyl groups is 1. The first-order valence-electron chi connectivity index (χ1n) is 3.65. The fourth-order valence-electron chi connectivity index (χ4n) is 0.795. The third kappa shape index (κ3) is 2.04. The molecule has 0 atom stereocenters. The smallest absolute Gasteiger partial charge is 0.372 e. The highest BCUT2D eigenvalue weighted by atomic mass is 16.6. The van der Waals surface area contributed by atoms with Crippen LogP contribution in [0.4, 0.5) is 11.5 Å². The van der Waals surface area contributed by atoms with Crippen LogP contribution < -0.4 is 10.5 Å². The summed E-state index contributed by atoms with van der Waals surface area (Å²) >= 11 is 0. The Kier molecular flexibility index (Phi) is 3.13. The van der Waals surface area contributed by atoms with Crippen molar-refractivity contribution in [1.82, 2.24) is 9.97 Å². The first-order valence-corrected chi connectivity index (χ1v) is 3.65. The SMILES string of the molecule is Nc1ncnc(OCCO)c1[N+](=O)[O-]. The van der Waals surface area contributed by atoms with E-state index < -0.39 is 10.6 Å². The number of nitrogens with two attached hydrogens (primary N) is 1. The highest BCUT2D eigenvalue weighted by Gasteiger charge is 2.21. The molecule has 0 aromatic carbocycles. The van der Waals surface area contributed by atoms with Crippen LogP contribution in [0.25, 0.3) is 0 Å². The van der Waals surface area contributed by atoms with Crippen molar-refractivity contribution in [3.8, 4) is 5.88 Å². The Morgan fingerprint density at radius 3 is 2.93 bits per heavy atom. The third-order valence-corrected chi connectivity index (χ3v) is 1.33. The Labute approximate surface area is 78.5 Å². The number of anilines is 1. The molecule has 0 radical (unpaired) electrons. The van der Waals surface area contributed by atoms with Gasteiger partial charge in [0.2, 0.25) is 5.82 Å². The lowest BCUT2D eigenvalue weighted by atomic mass is 10.4. The van der Waals surface area contributed by atoms with Gasteiger partial charge in [0.1, 0.15) is 12.9 Å². The summed E-state index contributed by atoms with van der Waals surface area (Å²) in [6, 6.07) is 0. The van der Waals surface area contributed by atoms with E-state index in [-0.39, 0.29) is 24.9 Å². The molecule has 8 nitrogen and oxygen atoms in total. The van der Waals surface area contributed by atoms with Crippen molar-refractivity contribution >= 4 is 11.5 Å². The summed E-state index contributed by atoms with van der Waals surface area (Å²) in [5.41, 5.74) is 4.77. The molecular formula is C6H8N4O4. The van der Waals surface area contributed by atoms with E-state index in [0.717, 1.165) is 6.33 Å². The fraction of sp³-hybridized carbons (Fsp3) is 0.333. The highest BCUT2D eigenvalue weighted by Crippen LogP contribution is 2.27. The van der Waals surface area contributed by atoms with Crippen LogP contribution in [0, 0.1) is 10.1 Å². The van der Waals surface area contributed by atoms with Crippen LogP contribution in [0.1, 0.15) is 0 Å². The standard InChI is InChI=1S/C6H8N4O4/c7-5-4(10(12)13)6(9-3-8-5)14-2-1-11/h3,11H,1-2H2,(H2,7,8,9). The highest BCUT2D eigenvalue weighted by molar-refractivity contribution is 5.57. The van der Waals surface area contributed by atoms with Crippen molar-refractivity contribution in [2.45, 2.75) is 0 Å². The van der Waals surface area contributed by atoms with Crippen molar-refractivity contribution in [2.24, 2.45) is 0 Å². The molecule has 8 heteroatoms. The normalized spacial score (nSPS) is 9.79. The Hall–Kier alpha value is -1.96. The maximum absolute atomic E-state index is 10.5. The molecule has 0 saturated carbocycles. The number of nitro groups is 1. The largest absolute Gasteiger partial charge is 0.470 e. The van der Waals surface area contributed by atoms with Gasteiger partial charge in [-0.3, -0.25) is 10.1 Å². The number of nitrogen functional groups attached to an aromatic ring is 1. The van der Waals surface area contributed by atoms with Crippen molar-refractivity contribution in [3.05, 3.63) is 16.4 Å². The molecule has 0 aliphatic carbocycles. The van der Waals surface area contributed by atoms with Crippen LogP contribution in [-0.4, -0.2) is 33.2 Å². The van der Waals surface area contributed by atoms with E-state index in [1.165, 1.54) is 0 Å². The van der Waals surface area contributed by atoms with Crippen molar-refractivity contribution < 1.29 is 14.8 Å². The van der Waals surface area contributed by atoms with E-state index >= 15 is 0 Å². The van der Waals surface area contributed by atoms with E-state index in [9.17, 15) is 10.1 Å². The minimum absolute atomic E-state index is 0.0860. The lowest BCUT2D eigenvalue weighted by Crippen LogP contribution is -2.08. The molecule has 0 aliphatic rings. The Balaban J connectivity index is 3.02. The zero-order valence-corrected chi connectivity index (χ0v) is 7.08. The number of aliphatic hydroxyl groups excluding tert-OH is 1. The predicted molar refractivity (Wildman–Crippen MR) is 45.7 cm³/mol. The molecule has 0 spiro atoms. The van der Waals surface area contributed by atoms with E-state index in [1.807, 2.05) is 0 Å². The van der Waals surface area contributed by atoms with Gasteiger partial charge in [0, 0.05) is 0 Å². The second-order valence-electron chi connectivity index (χ2n) is 2.24. The quantitative estimate of drug-likeness (QED) is 0.488. The zero-order chi connectivity index (χ0) is 10.6. The molecule has 1 aromatic heterocycles. The van der Waals surface area contributed by atoms with Crippen LogP contribution in [0.3, 0.4) is 0 Å². The molecule has 0 fully saturated rings. The van der Waals surface area contributed by atoms with Gasteiger partial charge >= 0.3 is 5.69 Å². The topological polar surface area (TPSA) is 124 Å². The summed E-state index contributed by atoms with van der Waals surface area (Å²) in [5, 5.41) is 19.0. The van der Waals surface area contributed by atoms with Crippen LogP contribution in [-0.2, 0) is 0 Å². The molecule has 1 heterocycles. The second-order valence-corrected chi connectivity index (χ2v) is 2.24. The lowest BCUT2D eigenvalue weighted by Gasteiger charge is -2.03. The predicted octanol–water partition coefficient (Wildman–Crippen LogP) is -0.662. The van der Waals surface area contributed by atoms with Gasteiger partial charge in [0.25, 0.3) is 5.88 Å². The monoisotopic (exact) mass is 200 g/mol. The van der Waals surface area contributed by atoms with Gasteiger partial charge in [0.05, 0.1) is 11.5 Å². The van der Waals surface area contributed by atoms with Gasteiger partial charge in [-0.1, -0.05) is 0 Å². The molecule has 1 aromatic rings. The van der Waals surface area contributed by atoms with E-state index in [2.05, 4.69) is 9.97 Å². The van der Waals surface area contributed by atoms with Gasteiger partial charge in [-0.2, -0.15) is 4.98 Å². The Morgan fingerprint density at radius 2 is 2.36 bits per heavy atom. The maximum Gasteiger partial charge on any atom is 0.372 e. The number of hydrogen-bond donors (Lipinski definition) is 2. The van der Waals surface area contributed by atoms with E-state index in [1.54, 1.807) is 0 Å². The Bertz CT molecular complexity index is 343. The summed E-state index contributed by atoms with van der Waals surface area (Å²) in [7, 11) is 0. The molecule has 0 bridgehead atoms. The minimum Gasteiger partial charge on any atom is -0.470 e. The van der Waals surface area contributed by atoms with Crippen LogP contribution >= 0.6 is 0 Å². The molecule has 0 unspecified atom stereocenters. The molecule has 0 amide bonds. The number of nitrogens with zero attached hydrogens (tertiary/aromatic N) is 3. The summed E-state index contributed by atoms with van der Waals surface area (Å²) in [6.45, 7) is -0.349. The average Bonchev–Trinajstić information content (AvgIpc) is 2.14. The van der Waals surface area contributed by atoms with Gasteiger partial charge in [-0.25, -0.2) is 4.98 Å². The molecular weight excluding hydrogens is 192 g/mol. The summed E-state index contributed by atoms with van der Waals surface area (Å²) in [4.78, 5) is 16.8. The van der Waals surface area contributed by atoms with Crippen molar-refractivity contribution in [3.63, 3.8) is 0 Å². The molecule has 0 aliphatic heterocycles. The number of aromatic nitrogens is 2. The van der Waals surface area contributed by atoms with Crippen molar-refractivity contribution in [2.75, 3.05) is 18.9 Å². The molecule has 14 heavy (non-hydrogen) atoms. The first kappa shape index (κ1) is 10.1. The number of rotatable bonds is 4. The fourth-order valence-corrected chi connectivity index (χ4v) is 0.795. The lowest BCUT2D eigenvalue weighted by molar-refractivity contribution is -0.385. The van der Waals surface area contributed by atoms with E-state index in [4.69, 9.17) is 15.6 Å². The van der Waals surface area contributed by atoms with Crippen LogP contribution in [0.2, 0.25) is 0 Å². The summed E-state index contributed by atoms with van der Waals surface area (Å²) in [5.74, 6) is -0.505. The molecule has 3 N–H and O–H groups in total. The van der Waals surface area contributed by atoms with Crippen LogP contribution in [0.5, 0.6) is 5.88 Å². The van der Waals surface area contributed by atoms with Gasteiger partial charge < -0.3 is 15.6 Å². The minimum atomic E-state index is -0.734. The molecule has 1 rings (SSSR count). The first-order chi connectivity index (χ1) is 6.66. The maximum atomic E-state index is 10.5. The van der Waals surface area contributed by atoms with Gasteiger partial charge in [-0.15, -0.1) is 0 Å². The number of hydrogen-bond acceptors (Lipinski definition) is 7. The zero-order valence-electron chi connectivity index (χ0n) is 7.08. The van der Waals surface area contributed by atoms with E-state index in [0.29, 0.717) is 0 Å². The summed E-state index contributed by atoms with van der Waals surface area (Å²) < 4.78 is 4.81. The van der Waals surface area contributed by atoms with Gasteiger partial charge in [-0.05, 0) is 0 Å². The number of ether oxygens (including phenoxy) is 1. The van der Waals surface area contributed by atoms with Crippen molar-refractivity contribution in [1.29, 1.82) is 0 Å². The van der Waals surface area contributed by atoms with Gasteiger partial charge in [0.15, 0.2) is 0 Å². The summed E-state index contributed by atoms with van der Waals surface area (Å²) in [6.07, 6.45) is 1.05. The molecule has 76 valence electrons. The Morgan fingerprint density at radius 1 is 1.64 bits per heavy atom. The molecule has 0 saturated heterocycles. The average molecular weight is 200 g/mol. The van der Waals surface area contributed by atoms with Crippen LogP contribution in [0.15, 0.2) is 6.33 Å².